The molecule has 1 unspecified atom stereocenters. The van der Waals surface area contributed by atoms with Gasteiger partial charge in [0.25, 0.3) is 0 Å². The summed E-state index contributed by atoms with van der Waals surface area (Å²) in [5.41, 5.74) is 1.33. The molecular weight excluding hydrogens is 186 g/mol. The van der Waals surface area contributed by atoms with Crippen molar-refractivity contribution >= 4 is 0 Å². The van der Waals surface area contributed by atoms with E-state index in [-0.39, 0.29) is 0 Å². The van der Waals surface area contributed by atoms with Crippen molar-refractivity contribution < 1.29 is 0 Å². The van der Waals surface area contributed by atoms with Gasteiger partial charge in [-0.15, -0.1) is 0 Å². The van der Waals surface area contributed by atoms with E-state index in [0.29, 0.717) is 6.04 Å². The van der Waals surface area contributed by atoms with Crippen LogP contribution >= 0.6 is 0 Å². The molecule has 3 heteroatoms. The van der Waals surface area contributed by atoms with Gasteiger partial charge in [-0.2, -0.15) is 0 Å². The van der Waals surface area contributed by atoms with Crippen LogP contribution in [-0.2, 0) is 6.54 Å². The van der Waals surface area contributed by atoms with Crippen LogP contribution in [0.2, 0.25) is 0 Å². The molecule has 1 aliphatic carbocycles. The largest absolute Gasteiger partial charge is 0.330 e. The Bertz CT molecular complexity index is 302. The SMILES string of the molecule is CCCC(C)NCc1cncn1C1CC1. The maximum atomic E-state index is 4.23. The Morgan fingerprint density at radius 1 is 1.60 bits per heavy atom. The summed E-state index contributed by atoms with van der Waals surface area (Å²) in [5, 5.41) is 3.55. The summed E-state index contributed by atoms with van der Waals surface area (Å²) >= 11 is 0. The lowest BCUT2D eigenvalue weighted by atomic mass is 10.2. The summed E-state index contributed by atoms with van der Waals surface area (Å²) in [5.74, 6) is 0. The van der Waals surface area contributed by atoms with Crippen molar-refractivity contribution in [2.75, 3.05) is 0 Å². The predicted octanol–water partition coefficient (Wildman–Crippen LogP) is 2.50. The number of nitrogens with zero attached hydrogens (tertiary/aromatic N) is 2. The smallest absolute Gasteiger partial charge is 0.0951 e. The van der Waals surface area contributed by atoms with E-state index in [9.17, 15) is 0 Å². The minimum Gasteiger partial charge on any atom is -0.330 e. The maximum absolute atomic E-state index is 4.23. The lowest BCUT2D eigenvalue weighted by molar-refractivity contribution is 0.494. The number of aromatic nitrogens is 2. The fraction of sp³-hybridized carbons (Fsp3) is 0.750. The lowest BCUT2D eigenvalue weighted by Gasteiger charge is -2.13. The Morgan fingerprint density at radius 3 is 3.07 bits per heavy atom. The monoisotopic (exact) mass is 207 g/mol. The minimum atomic E-state index is 0.609. The van der Waals surface area contributed by atoms with Gasteiger partial charge in [0.1, 0.15) is 0 Å². The first-order valence-electron chi connectivity index (χ1n) is 6.05. The molecular formula is C12H21N3. The van der Waals surface area contributed by atoms with Gasteiger partial charge in [0.15, 0.2) is 0 Å². The van der Waals surface area contributed by atoms with E-state index in [0.717, 1.165) is 12.6 Å². The van der Waals surface area contributed by atoms with E-state index in [1.54, 1.807) is 0 Å². The van der Waals surface area contributed by atoms with Gasteiger partial charge in [0, 0.05) is 24.8 Å². The third-order valence-corrected chi connectivity index (χ3v) is 3.04. The Balaban J connectivity index is 1.84. The van der Waals surface area contributed by atoms with E-state index in [2.05, 4.69) is 28.7 Å². The standard InChI is InChI=1S/C12H21N3/c1-3-4-10(2)14-8-12-7-13-9-15(12)11-5-6-11/h7,9-11,14H,3-6,8H2,1-2H3. The van der Waals surface area contributed by atoms with Crippen molar-refractivity contribution in [3.8, 4) is 0 Å². The van der Waals surface area contributed by atoms with Crippen LogP contribution in [-0.4, -0.2) is 15.6 Å². The number of rotatable bonds is 6. The Kier molecular flexibility index (Phi) is 3.41. The summed E-state index contributed by atoms with van der Waals surface area (Å²) in [4.78, 5) is 4.23. The number of nitrogens with one attached hydrogen (secondary N) is 1. The highest BCUT2D eigenvalue weighted by atomic mass is 15.1. The molecule has 0 radical (unpaired) electrons. The zero-order chi connectivity index (χ0) is 10.7. The topological polar surface area (TPSA) is 29.9 Å². The third kappa shape index (κ3) is 2.81. The van der Waals surface area contributed by atoms with Crippen LogP contribution in [0.3, 0.4) is 0 Å². The molecule has 0 bridgehead atoms. The zero-order valence-corrected chi connectivity index (χ0v) is 9.74. The molecule has 1 N–H and O–H groups in total. The molecule has 84 valence electrons. The van der Waals surface area contributed by atoms with E-state index < -0.39 is 0 Å². The van der Waals surface area contributed by atoms with Gasteiger partial charge >= 0.3 is 0 Å². The summed E-state index contributed by atoms with van der Waals surface area (Å²) < 4.78 is 2.33. The minimum absolute atomic E-state index is 0.609. The number of hydrogen-bond donors (Lipinski definition) is 1. The van der Waals surface area contributed by atoms with Crippen molar-refractivity contribution in [3.05, 3.63) is 18.2 Å². The summed E-state index contributed by atoms with van der Waals surface area (Å²) in [6.07, 6.45) is 9.11. The van der Waals surface area contributed by atoms with E-state index in [4.69, 9.17) is 0 Å². The van der Waals surface area contributed by atoms with Gasteiger partial charge in [-0.05, 0) is 26.2 Å². The van der Waals surface area contributed by atoms with Crippen molar-refractivity contribution in [1.29, 1.82) is 0 Å². The highest BCUT2D eigenvalue weighted by Crippen LogP contribution is 2.35. The highest BCUT2D eigenvalue weighted by Gasteiger charge is 2.24. The van der Waals surface area contributed by atoms with Crippen LogP contribution in [0.1, 0.15) is 51.3 Å². The molecule has 0 aliphatic heterocycles. The van der Waals surface area contributed by atoms with Gasteiger partial charge in [-0.25, -0.2) is 4.98 Å². The van der Waals surface area contributed by atoms with Crippen LogP contribution in [0.25, 0.3) is 0 Å². The molecule has 1 aliphatic rings. The van der Waals surface area contributed by atoms with Crippen molar-refractivity contribution in [1.82, 2.24) is 14.9 Å². The van der Waals surface area contributed by atoms with Gasteiger partial charge < -0.3 is 9.88 Å². The van der Waals surface area contributed by atoms with E-state index in [1.807, 2.05) is 12.5 Å². The van der Waals surface area contributed by atoms with Crippen molar-refractivity contribution in [2.24, 2.45) is 0 Å². The predicted molar refractivity (Wildman–Crippen MR) is 61.7 cm³/mol. The first-order valence-corrected chi connectivity index (χ1v) is 6.05. The second-order valence-corrected chi connectivity index (χ2v) is 4.59. The Morgan fingerprint density at radius 2 is 2.40 bits per heavy atom. The quantitative estimate of drug-likeness (QED) is 0.776. The van der Waals surface area contributed by atoms with Gasteiger partial charge in [0.05, 0.1) is 12.0 Å². The van der Waals surface area contributed by atoms with Crippen LogP contribution in [0.4, 0.5) is 0 Å². The highest BCUT2D eigenvalue weighted by molar-refractivity contribution is 5.03. The summed E-state index contributed by atoms with van der Waals surface area (Å²) in [6.45, 7) is 5.44. The molecule has 1 atom stereocenters. The molecule has 1 aromatic rings. The maximum Gasteiger partial charge on any atom is 0.0951 e. The van der Waals surface area contributed by atoms with Crippen molar-refractivity contribution in [3.63, 3.8) is 0 Å². The molecule has 15 heavy (non-hydrogen) atoms. The first kappa shape index (κ1) is 10.7. The molecule has 0 saturated heterocycles. The molecule has 1 saturated carbocycles. The Labute approximate surface area is 91.9 Å². The Hall–Kier alpha value is -0.830. The second-order valence-electron chi connectivity index (χ2n) is 4.59. The molecule has 1 aromatic heterocycles. The van der Waals surface area contributed by atoms with Crippen LogP contribution in [0, 0.1) is 0 Å². The molecule has 1 fully saturated rings. The molecule has 3 nitrogen and oxygen atoms in total. The van der Waals surface area contributed by atoms with E-state index in [1.165, 1.54) is 31.4 Å². The van der Waals surface area contributed by atoms with Gasteiger partial charge in [-0.3, -0.25) is 0 Å². The van der Waals surface area contributed by atoms with Crippen LogP contribution in [0.15, 0.2) is 12.5 Å². The van der Waals surface area contributed by atoms with Crippen molar-refractivity contribution in [2.45, 2.75) is 58.2 Å². The third-order valence-electron chi connectivity index (χ3n) is 3.04. The number of imidazole rings is 1. The lowest BCUT2D eigenvalue weighted by Crippen LogP contribution is -2.26. The molecule has 0 spiro atoms. The molecule has 2 rings (SSSR count). The van der Waals surface area contributed by atoms with Gasteiger partial charge in [0.2, 0.25) is 0 Å². The summed E-state index contributed by atoms with van der Waals surface area (Å²) in [7, 11) is 0. The molecule has 0 aromatic carbocycles. The average molecular weight is 207 g/mol. The second kappa shape index (κ2) is 4.79. The zero-order valence-electron chi connectivity index (χ0n) is 9.74. The van der Waals surface area contributed by atoms with Crippen LogP contribution < -0.4 is 5.32 Å². The molecule has 0 amide bonds. The normalized spacial score (nSPS) is 18.0. The average Bonchev–Trinajstić information content (AvgIpc) is 2.96. The van der Waals surface area contributed by atoms with Gasteiger partial charge in [-0.1, -0.05) is 13.3 Å². The number of hydrogen-bond acceptors (Lipinski definition) is 2. The van der Waals surface area contributed by atoms with E-state index >= 15 is 0 Å². The van der Waals surface area contributed by atoms with Crippen LogP contribution in [0.5, 0.6) is 0 Å². The summed E-state index contributed by atoms with van der Waals surface area (Å²) in [6, 6.07) is 1.35. The fourth-order valence-corrected chi connectivity index (χ4v) is 1.96. The fourth-order valence-electron chi connectivity index (χ4n) is 1.96. The first-order chi connectivity index (χ1) is 7.31. The molecule has 1 heterocycles.